The fourth-order valence-electron chi connectivity index (χ4n) is 3.79. The van der Waals surface area contributed by atoms with Crippen LogP contribution in [0.4, 0.5) is 5.69 Å². The first kappa shape index (κ1) is 16.2. The predicted molar refractivity (Wildman–Crippen MR) is 99.4 cm³/mol. The van der Waals surface area contributed by atoms with Gasteiger partial charge in [-0.05, 0) is 37.5 Å². The van der Waals surface area contributed by atoms with Crippen molar-refractivity contribution in [3.63, 3.8) is 0 Å². The maximum absolute atomic E-state index is 12.6. The largest absolute Gasteiger partial charge is 0.426 e. The summed E-state index contributed by atoms with van der Waals surface area (Å²) in [4.78, 5) is 14.9. The Kier molecular flexibility index (Phi) is 4.22. The molecular formula is C21H24N2O2. The van der Waals surface area contributed by atoms with Gasteiger partial charge in [-0.1, -0.05) is 35.9 Å². The third-order valence-electron chi connectivity index (χ3n) is 5.15. The number of aryl methyl sites for hydroxylation is 1. The molecule has 0 spiro atoms. The smallest absolute Gasteiger partial charge is 0.319 e. The van der Waals surface area contributed by atoms with E-state index in [0.29, 0.717) is 12.5 Å². The van der Waals surface area contributed by atoms with Gasteiger partial charge in [0, 0.05) is 37.4 Å². The molecule has 2 aliphatic rings. The standard InChI is InChI=1S/C21H24N2O2/c1-14-4-3-5-16(10-14)19-11-17-6-7-18(12-20(17)25-21(19)24)23-9-8-22-15(2)13-23/h3-7,10,12,15,19,22H,8-9,11,13H2,1-2H3/t15-,19?/m0/s1. The van der Waals surface area contributed by atoms with Crippen LogP contribution < -0.4 is 15.0 Å². The van der Waals surface area contributed by atoms with Crippen molar-refractivity contribution in [1.82, 2.24) is 5.32 Å². The zero-order valence-corrected chi connectivity index (χ0v) is 14.8. The number of piperazine rings is 1. The number of anilines is 1. The van der Waals surface area contributed by atoms with Crippen LogP contribution in [0.2, 0.25) is 0 Å². The average Bonchev–Trinajstić information content (AvgIpc) is 2.60. The molecule has 2 aliphatic heterocycles. The highest BCUT2D eigenvalue weighted by Crippen LogP contribution is 2.36. The fraction of sp³-hybridized carbons (Fsp3) is 0.381. The summed E-state index contributed by atoms with van der Waals surface area (Å²) in [5, 5.41) is 3.45. The molecule has 2 aromatic rings. The van der Waals surface area contributed by atoms with Crippen molar-refractivity contribution in [2.45, 2.75) is 32.2 Å². The van der Waals surface area contributed by atoms with Gasteiger partial charge >= 0.3 is 5.97 Å². The molecule has 0 amide bonds. The van der Waals surface area contributed by atoms with E-state index in [1.54, 1.807) is 0 Å². The van der Waals surface area contributed by atoms with Crippen molar-refractivity contribution >= 4 is 11.7 Å². The lowest BCUT2D eigenvalue weighted by atomic mass is 9.89. The van der Waals surface area contributed by atoms with Crippen molar-refractivity contribution in [3.05, 3.63) is 59.2 Å². The second-order valence-corrected chi connectivity index (χ2v) is 7.19. The van der Waals surface area contributed by atoms with Gasteiger partial charge < -0.3 is 15.0 Å². The van der Waals surface area contributed by atoms with Gasteiger partial charge in [0.2, 0.25) is 0 Å². The lowest BCUT2D eigenvalue weighted by molar-refractivity contribution is -0.137. The highest BCUT2D eigenvalue weighted by Gasteiger charge is 2.30. The van der Waals surface area contributed by atoms with Crippen LogP contribution in [0.15, 0.2) is 42.5 Å². The molecule has 0 saturated carbocycles. The molecule has 1 fully saturated rings. The number of esters is 1. The van der Waals surface area contributed by atoms with Crippen LogP contribution in [0.3, 0.4) is 0 Å². The zero-order valence-electron chi connectivity index (χ0n) is 14.8. The van der Waals surface area contributed by atoms with Crippen LogP contribution in [-0.2, 0) is 11.2 Å². The Morgan fingerprint density at radius 2 is 2.08 bits per heavy atom. The molecule has 4 nitrogen and oxygen atoms in total. The maximum Gasteiger partial charge on any atom is 0.319 e. The van der Waals surface area contributed by atoms with E-state index in [2.05, 4.69) is 35.3 Å². The number of fused-ring (bicyclic) bond motifs is 1. The third kappa shape index (κ3) is 3.27. The topological polar surface area (TPSA) is 41.6 Å². The Bertz CT molecular complexity index is 802. The number of rotatable bonds is 2. The molecule has 4 heteroatoms. The summed E-state index contributed by atoms with van der Waals surface area (Å²) >= 11 is 0. The monoisotopic (exact) mass is 336 g/mol. The summed E-state index contributed by atoms with van der Waals surface area (Å²) in [7, 11) is 0. The van der Waals surface area contributed by atoms with Crippen molar-refractivity contribution in [2.24, 2.45) is 0 Å². The number of hydrogen-bond donors (Lipinski definition) is 1. The van der Waals surface area contributed by atoms with Crippen LogP contribution in [0.1, 0.15) is 29.5 Å². The molecule has 4 rings (SSSR count). The third-order valence-corrected chi connectivity index (χ3v) is 5.15. The molecule has 2 atom stereocenters. The first-order valence-electron chi connectivity index (χ1n) is 8.99. The number of nitrogens with zero attached hydrogens (tertiary/aromatic N) is 1. The molecule has 1 unspecified atom stereocenters. The van der Waals surface area contributed by atoms with Crippen LogP contribution >= 0.6 is 0 Å². The van der Waals surface area contributed by atoms with Crippen LogP contribution in [-0.4, -0.2) is 31.6 Å². The molecule has 0 aromatic heterocycles. The summed E-state index contributed by atoms with van der Waals surface area (Å²) in [6.45, 7) is 7.17. The molecule has 2 aromatic carbocycles. The lowest BCUT2D eigenvalue weighted by Crippen LogP contribution is -2.49. The maximum atomic E-state index is 12.6. The highest BCUT2D eigenvalue weighted by molar-refractivity contribution is 5.83. The van der Waals surface area contributed by atoms with Crippen LogP contribution in [0.25, 0.3) is 0 Å². The second-order valence-electron chi connectivity index (χ2n) is 7.19. The zero-order chi connectivity index (χ0) is 17.4. The number of benzene rings is 2. The van der Waals surface area contributed by atoms with Crippen molar-refractivity contribution in [1.29, 1.82) is 0 Å². The molecule has 130 valence electrons. The van der Waals surface area contributed by atoms with Gasteiger partial charge in [-0.25, -0.2) is 0 Å². The van der Waals surface area contributed by atoms with E-state index < -0.39 is 0 Å². The number of ether oxygens (including phenoxy) is 1. The lowest BCUT2D eigenvalue weighted by Gasteiger charge is -2.34. The molecule has 1 saturated heterocycles. The SMILES string of the molecule is Cc1cccc(C2Cc3ccc(N4CCN[C@@H](C)C4)cc3OC2=O)c1. The molecular weight excluding hydrogens is 312 g/mol. The average molecular weight is 336 g/mol. The van der Waals surface area contributed by atoms with E-state index in [4.69, 9.17) is 4.74 Å². The van der Waals surface area contributed by atoms with E-state index in [-0.39, 0.29) is 11.9 Å². The number of carbonyl (C=O) groups excluding carboxylic acids is 1. The Balaban J connectivity index is 1.59. The Morgan fingerprint density at radius 3 is 2.88 bits per heavy atom. The molecule has 0 radical (unpaired) electrons. The summed E-state index contributed by atoms with van der Waals surface area (Å²) in [5.41, 5.74) is 4.45. The predicted octanol–water partition coefficient (Wildman–Crippen LogP) is 3.04. The van der Waals surface area contributed by atoms with Crippen molar-refractivity contribution in [2.75, 3.05) is 24.5 Å². The van der Waals surface area contributed by atoms with Gasteiger partial charge in [0.15, 0.2) is 0 Å². The molecule has 1 N–H and O–H groups in total. The van der Waals surface area contributed by atoms with Crippen molar-refractivity contribution < 1.29 is 9.53 Å². The normalized spacial score (nSPS) is 23.1. The first-order chi connectivity index (χ1) is 12.1. The Morgan fingerprint density at radius 1 is 1.20 bits per heavy atom. The summed E-state index contributed by atoms with van der Waals surface area (Å²) < 4.78 is 5.72. The van der Waals surface area contributed by atoms with Gasteiger partial charge in [-0.15, -0.1) is 0 Å². The van der Waals surface area contributed by atoms with Gasteiger partial charge in [0.05, 0.1) is 5.92 Å². The van der Waals surface area contributed by atoms with Gasteiger partial charge in [-0.3, -0.25) is 4.79 Å². The van der Waals surface area contributed by atoms with Crippen LogP contribution in [0.5, 0.6) is 5.75 Å². The summed E-state index contributed by atoms with van der Waals surface area (Å²) in [6, 6.07) is 14.9. The summed E-state index contributed by atoms with van der Waals surface area (Å²) in [6.07, 6.45) is 0.704. The molecule has 0 bridgehead atoms. The minimum Gasteiger partial charge on any atom is -0.426 e. The van der Waals surface area contributed by atoms with Gasteiger partial charge in [-0.2, -0.15) is 0 Å². The van der Waals surface area contributed by atoms with Gasteiger partial charge in [0.1, 0.15) is 5.75 Å². The second kappa shape index (κ2) is 6.52. The summed E-state index contributed by atoms with van der Waals surface area (Å²) in [5.74, 6) is 0.360. The van der Waals surface area contributed by atoms with Gasteiger partial charge in [0.25, 0.3) is 0 Å². The number of hydrogen-bond acceptors (Lipinski definition) is 4. The number of nitrogens with one attached hydrogen (secondary N) is 1. The Labute approximate surface area is 148 Å². The quantitative estimate of drug-likeness (QED) is 0.676. The van der Waals surface area contributed by atoms with E-state index in [9.17, 15) is 4.79 Å². The first-order valence-corrected chi connectivity index (χ1v) is 8.99. The van der Waals surface area contributed by atoms with Crippen LogP contribution in [0, 0.1) is 6.92 Å². The Hall–Kier alpha value is -2.33. The molecule has 25 heavy (non-hydrogen) atoms. The van der Waals surface area contributed by atoms with Crippen molar-refractivity contribution in [3.8, 4) is 5.75 Å². The molecule has 2 heterocycles. The molecule has 0 aliphatic carbocycles. The van der Waals surface area contributed by atoms with E-state index in [1.807, 2.05) is 31.2 Å². The highest BCUT2D eigenvalue weighted by atomic mass is 16.5. The number of carbonyl (C=O) groups is 1. The van der Waals surface area contributed by atoms with E-state index >= 15 is 0 Å². The minimum absolute atomic E-state index is 0.149. The van der Waals surface area contributed by atoms with E-state index in [0.717, 1.165) is 42.2 Å². The van der Waals surface area contributed by atoms with E-state index in [1.165, 1.54) is 5.56 Å². The fourth-order valence-corrected chi connectivity index (χ4v) is 3.79. The minimum atomic E-state index is -0.211.